The van der Waals surface area contributed by atoms with Crippen molar-refractivity contribution >= 4 is 12.0 Å². The summed E-state index contributed by atoms with van der Waals surface area (Å²) >= 11 is 0. The van der Waals surface area contributed by atoms with Gasteiger partial charge in [0.2, 0.25) is 6.35 Å². The molecule has 0 aliphatic carbocycles. The average molecular weight is 177 g/mol. The first-order valence-electron chi connectivity index (χ1n) is 4.09. The Balaban J connectivity index is 2.25. The Hall–Kier alpha value is -1.55. The molecule has 0 amide bonds. The van der Waals surface area contributed by atoms with Gasteiger partial charge in [0.25, 0.3) is 0 Å². The molecular formula is C9H11N3O. The van der Waals surface area contributed by atoms with E-state index in [1.165, 1.54) is 5.56 Å². The Bertz CT molecular complexity index is 320. The number of benzene rings is 1. The number of hydrogen-bond donors (Lipinski definition) is 2. The topological polar surface area (TPSA) is 47.9 Å². The van der Waals surface area contributed by atoms with Crippen molar-refractivity contribution in [1.82, 2.24) is 5.43 Å². The standard InChI is InChI=1S/C9H11N3O/c1-7-2-4-8(5-3-7)12-6-10-11-9(12)13/h2-6,9,11,13H,1H3. The van der Waals surface area contributed by atoms with Gasteiger partial charge in [-0.3, -0.25) is 10.3 Å². The van der Waals surface area contributed by atoms with Crippen molar-refractivity contribution in [2.75, 3.05) is 4.90 Å². The van der Waals surface area contributed by atoms with Crippen LogP contribution in [0.1, 0.15) is 5.56 Å². The molecule has 0 bridgehead atoms. The number of hydrazone groups is 1. The van der Waals surface area contributed by atoms with Crippen LogP contribution in [-0.4, -0.2) is 17.8 Å². The number of hydrogen-bond acceptors (Lipinski definition) is 4. The third kappa shape index (κ3) is 1.48. The largest absolute Gasteiger partial charge is 0.355 e. The van der Waals surface area contributed by atoms with Crippen LogP contribution in [0.15, 0.2) is 29.4 Å². The maximum absolute atomic E-state index is 9.40. The predicted molar refractivity (Wildman–Crippen MR) is 51.3 cm³/mol. The van der Waals surface area contributed by atoms with E-state index in [1.807, 2.05) is 31.2 Å². The van der Waals surface area contributed by atoms with E-state index in [9.17, 15) is 5.11 Å². The minimum atomic E-state index is -0.747. The Morgan fingerprint density at radius 1 is 1.38 bits per heavy atom. The minimum absolute atomic E-state index is 0.747. The van der Waals surface area contributed by atoms with E-state index >= 15 is 0 Å². The number of aliphatic hydroxyl groups is 1. The van der Waals surface area contributed by atoms with Crippen LogP contribution in [0.3, 0.4) is 0 Å². The molecule has 4 nitrogen and oxygen atoms in total. The second kappa shape index (κ2) is 3.06. The Kier molecular flexibility index (Phi) is 1.90. The molecule has 1 aromatic carbocycles. The third-order valence-electron chi connectivity index (χ3n) is 1.97. The molecule has 1 atom stereocenters. The van der Waals surface area contributed by atoms with Gasteiger partial charge in [0.15, 0.2) is 0 Å². The summed E-state index contributed by atoms with van der Waals surface area (Å²) in [5, 5.41) is 13.1. The van der Waals surface area contributed by atoms with E-state index < -0.39 is 6.35 Å². The van der Waals surface area contributed by atoms with Crippen LogP contribution in [0.5, 0.6) is 0 Å². The van der Waals surface area contributed by atoms with Crippen molar-refractivity contribution in [2.24, 2.45) is 5.10 Å². The van der Waals surface area contributed by atoms with E-state index in [1.54, 1.807) is 11.2 Å². The number of anilines is 1. The molecule has 2 rings (SSSR count). The lowest BCUT2D eigenvalue weighted by atomic mass is 10.2. The molecule has 0 spiro atoms. The molecule has 1 aromatic rings. The Morgan fingerprint density at radius 2 is 2.08 bits per heavy atom. The maximum Gasteiger partial charge on any atom is 0.225 e. The smallest absolute Gasteiger partial charge is 0.225 e. The maximum atomic E-state index is 9.40. The third-order valence-corrected chi connectivity index (χ3v) is 1.97. The van der Waals surface area contributed by atoms with Gasteiger partial charge in [0.1, 0.15) is 6.34 Å². The first-order valence-corrected chi connectivity index (χ1v) is 4.09. The number of aliphatic hydroxyl groups excluding tert-OH is 1. The van der Waals surface area contributed by atoms with Gasteiger partial charge in [-0.2, -0.15) is 5.10 Å². The predicted octanol–water partition coefficient (Wildman–Crippen LogP) is 0.624. The summed E-state index contributed by atoms with van der Waals surface area (Å²) in [7, 11) is 0. The van der Waals surface area contributed by atoms with Crippen LogP contribution in [0.4, 0.5) is 5.69 Å². The number of nitrogens with one attached hydrogen (secondary N) is 1. The van der Waals surface area contributed by atoms with E-state index in [4.69, 9.17) is 0 Å². The van der Waals surface area contributed by atoms with E-state index in [-0.39, 0.29) is 0 Å². The number of nitrogens with zero attached hydrogens (tertiary/aromatic N) is 2. The first kappa shape index (κ1) is 8.07. The quantitative estimate of drug-likeness (QED) is 0.661. The van der Waals surface area contributed by atoms with Gasteiger partial charge in [-0.15, -0.1) is 0 Å². The highest BCUT2D eigenvalue weighted by molar-refractivity contribution is 5.80. The highest BCUT2D eigenvalue weighted by Crippen LogP contribution is 2.16. The lowest BCUT2D eigenvalue weighted by molar-refractivity contribution is 0.159. The van der Waals surface area contributed by atoms with Gasteiger partial charge in [-0.25, -0.2) is 0 Å². The molecule has 0 radical (unpaired) electrons. The molecule has 1 unspecified atom stereocenters. The van der Waals surface area contributed by atoms with Gasteiger partial charge in [0, 0.05) is 5.69 Å². The summed E-state index contributed by atoms with van der Waals surface area (Å²) in [6, 6.07) is 7.87. The Labute approximate surface area is 76.5 Å². The molecule has 13 heavy (non-hydrogen) atoms. The highest BCUT2D eigenvalue weighted by Gasteiger charge is 2.17. The summed E-state index contributed by atoms with van der Waals surface area (Å²) in [6.45, 7) is 2.02. The molecule has 0 fully saturated rings. The lowest BCUT2D eigenvalue weighted by Crippen LogP contribution is -2.36. The lowest BCUT2D eigenvalue weighted by Gasteiger charge is -2.18. The Morgan fingerprint density at radius 3 is 2.62 bits per heavy atom. The summed E-state index contributed by atoms with van der Waals surface area (Å²) in [5.74, 6) is 0. The van der Waals surface area contributed by atoms with Crippen molar-refractivity contribution in [3.8, 4) is 0 Å². The van der Waals surface area contributed by atoms with Crippen molar-refractivity contribution in [3.05, 3.63) is 29.8 Å². The molecule has 1 aliphatic heterocycles. The molecule has 0 aromatic heterocycles. The van der Waals surface area contributed by atoms with Crippen molar-refractivity contribution in [1.29, 1.82) is 0 Å². The van der Waals surface area contributed by atoms with Crippen LogP contribution in [0, 0.1) is 6.92 Å². The average Bonchev–Trinajstić information content (AvgIpc) is 2.53. The van der Waals surface area contributed by atoms with Crippen LogP contribution in [0.2, 0.25) is 0 Å². The monoisotopic (exact) mass is 177 g/mol. The van der Waals surface area contributed by atoms with Gasteiger partial charge < -0.3 is 5.11 Å². The normalized spacial score (nSPS) is 20.5. The zero-order valence-corrected chi connectivity index (χ0v) is 7.31. The number of aryl methyl sites for hydroxylation is 1. The molecule has 2 N–H and O–H groups in total. The minimum Gasteiger partial charge on any atom is -0.355 e. The zero-order chi connectivity index (χ0) is 9.26. The van der Waals surface area contributed by atoms with Crippen LogP contribution in [0.25, 0.3) is 0 Å². The second-order valence-electron chi connectivity index (χ2n) is 2.99. The zero-order valence-electron chi connectivity index (χ0n) is 7.31. The van der Waals surface area contributed by atoms with Gasteiger partial charge >= 0.3 is 0 Å². The molecule has 1 heterocycles. The number of rotatable bonds is 1. The highest BCUT2D eigenvalue weighted by atomic mass is 16.3. The fourth-order valence-corrected chi connectivity index (χ4v) is 1.21. The fourth-order valence-electron chi connectivity index (χ4n) is 1.21. The molecule has 68 valence electrons. The van der Waals surface area contributed by atoms with Crippen molar-refractivity contribution < 1.29 is 5.11 Å². The molecule has 1 aliphatic rings. The first-order chi connectivity index (χ1) is 6.27. The fraction of sp³-hybridized carbons (Fsp3) is 0.222. The van der Waals surface area contributed by atoms with Crippen LogP contribution in [-0.2, 0) is 0 Å². The van der Waals surface area contributed by atoms with Crippen molar-refractivity contribution in [2.45, 2.75) is 13.3 Å². The van der Waals surface area contributed by atoms with Gasteiger partial charge in [0.05, 0.1) is 0 Å². The molecule has 0 saturated heterocycles. The molecular weight excluding hydrogens is 166 g/mol. The van der Waals surface area contributed by atoms with E-state index in [2.05, 4.69) is 10.5 Å². The van der Waals surface area contributed by atoms with Gasteiger partial charge in [-0.05, 0) is 19.1 Å². The van der Waals surface area contributed by atoms with Crippen LogP contribution < -0.4 is 10.3 Å². The van der Waals surface area contributed by atoms with E-state index in [0.29, 0.717) is 0 Å². The van der Waals surface area contributed by atoms with E-state index in [0.717, 1.165) is 5.69 Å². The second-order valence-corrected chi connectivity index (χ2v) is 2.99. The summed E-state index contributed by atoms with van der Waals surface area (Å²) < 4.78 is 0. The SMILES string of the molecule is Cc1ccc(N2C=NNC2O)cc1. The van der Waals surface area contributed by atoms with Gasteiger partial charge in [-0.1, -0.05) is 17.7 Å². The van der Waals surface area contributed by atoms with Crippen molar-refractivity contribution in [3.63, 3.8) is 0 Å². The molecule has 4 heteroatoms. The molecule has 0 saturated carbocycles. The van der Waals surface area contributed by atoms with Crippen LogP contribution >= 0.6 is 0 Å². The summed E-state index contributed by atoms with van der Waals surface area (Å²) in [5.41, 5.74) is 4.65. The summed E-state index contributed by atoms with van der Waals surface area (Å²) in [6.07, 6.45) is 0.817. The summed E-state index contributed by atoms with van der Waals surface area (Å²) in [4.78, 5) is 1.65.